The predicted octanol–water partition coefficient (Wildman–Crippen LogP) is 4.71. The second kappa shape index (κ2) is 15.5. The molecular weight excluding hydrogens is 692 g/mol. The number of benzene rings is 3. The average molecular weight is 737 g/mol. The maximum Gasteiger partial charge on any atom is 0.253 e. The van der Waals surface area contributed by atoms with Gasteiger partial charge in [0.05, 0.1) is 17.1 Å². The summed E-state index contributed by atoms with van der Waals surface area (Å²) in [6.07, 6.45) is 4.01. The van der Waals surface area contributed by atoms with E-state index in [0.29, 0.717) is 66.2 Å². The fourth-order valence-electron chi connectivity index (χ4n) is 8.27. The van der Waals surface area contributed by atoms with Crippen molar-refractivity contribution in [1.29, 1.82) is 5.26 Å². The van der Waals surface area contributed by atoms with Crippen LogP contribution in [0.3, 0.4) is 0 Å². The lowest BCUT2D eigenvalue weighted by atomic mass is 9.76. The van der Waals surface area contributed by atoms with E-state index in [4.69, 9.17) is 11.6 Å². The number of nitriles is 1. The molecule has 4 aliphatic heterocycles. The van der Waals surface area contributed by atoms with Gasteiger partial charge in [-0.05, 0) is 98.7 Å². The number of carbonyl (C=O) groups excluding carboxylic acids is 4. The molecule has 0 aliphatic carbocycles. The minimum atomic E-state index is -0.504. The van der Waals surface area contributed by atoms with E-state index in [-0.39, 0.29) is 42.0 Å². The van der Waals surface area contributed by atoms with E-state index in [2.05, 4.69) is 50.9 Å². The number of piperazine rings is 1. The molecule has 0 aromatic heterocycles. The molecule has 53 heavy (non-hydrogen) atoms. The van der Waals surface area contributed by atoms with Crippen LogP contribution in [-0.4, -0.2) is 97.9 Å². The maximum atomic E-state index is 13.4. The standard InChI is InChI=1S/C40H45ClN8O4/c1-27-23-40(26-49(27)33-10-7-29(24-42)34(41)22-33)13-15-47(16-14-40)32-8-5-28(6-9-32)39(53)48-19-17-46(18-20-48)25-37(51)44-31-4-2-3-30(21-31)43-35-11-12-36(50)45-38(35)52/h2-10,21-22,27,35,43H,11-20,23,25-26H2,1H3,(H,44,51)(H,45,50,52)/t27-,35+/m0/s1. The summed E-state index contributed by atoms with van der Waals surface area (Å²) in [5, 5.41) is 18.2. The van der Waals surface area contributed by atoms with Crippen molar-refractivity contribution in [3.05, 3.63) is 82.9 Å². The van der Waals surface area contributed by atoms with Crippen LogP contribution in [0.15, 0.2) is 66.7 Å². The van der Waals surface area contributed by atoms with Crippen LogP contribution in [0.2, 0.25) is 5.02 Å². The zero-order valence-corrected chi connectivity index (χ0v) is 30.7. The lowest BCUT2D eigenvalue weighted by Crippen LogP contribution is -2.50. The topological polar surface area (TPSA) is 141 Å². The van der Waals surface area contributed by atoms with E-state index < -0.39 is 6.04 Å². The van der Waals surface area contributed by atoms with Gasteiger partial charge in [0.15, 0.2) is 0 Å². The molecule has 0 unspecified atom stereocenters. The van der Waals surface area contributed by atoms with Gasteiger partial charge in [0, 0.05) is 86.6 Å². The summed E-state index contributed by atoms with van der Waals surface area (Å²) in [6.45, 7) is 7.65. The van der Waals surface area contributed by atoms with Crippen molar-refractivity contribution in [1.82, 2.24) is 15.1 Å². The molecule has 3 N–H and O–H groups in total. The Bertz CT molecular complexity index is 1910. The lowest BCUT2D eigenvalue weighted by Gasteiger charge is -2.40. The normalized spacial score (nSPS) is 21.6. The highest BCUT2D eigenvalue weighted by Gasteiger charge is 2.44. The molecule has 7 rings (SSSR count). The minimum absolute atomic E-state index is 0.00141. The van der Waals surface area contributed by atoms with Crippen molar-refractivity contribution in [2.24, 2.45) is 5.41 Å². The van der Waals surface area contributed by atoms with Crippen LogP contribution in [0.25, 0.3) is 0 Å². The van der Waals surface area contributed by atoms with Crippen LogP contribution < -0.4 is 25.8 Å². The van der Waals surface area contributed by atoms with Gasteiger partial charge < -0.3 is 25.3 Å². The quantitative estimate of drug-likeness (QED) is 0.281. The molecular formula is C40H45ClN8O4. The number of rotatable bonds is 8. The average Bonchev–Trinajstić information content (AvgIpc) is 3.48. The highest BCUT2D eigenvalue weighted by Crippen LogP contribution is 2.46. The van der Waals surface area contributed by atoms with Crippen molar-refractivity contribution >= 4 is 58.0 Å². The van der Waals surface area contributed by atoms with Crippen LogP contribution in [0.5, 0.6) is 0 Å². The van der Waals surface area contributed by atoms with Crippen LogP contribution in [0.1, 0.15) is 54.9 Å². The summed E-state index contributed by atoms with van der Waals surface area (Å²) < 4.78 is 0. The highest BCUT2D eigenvalue weighted by atomic mass is 35.5. The van der Waals surface area contributed by atoms with E-state index >= 15 is 0 Å². The molecule has 0 radical (unpaired) electrons. The minimum Gasteiger partial charge on any atom is -0.374 e. The second-order valence-corrected chi connectivity index (χ2v) is 15.2. The van der Waals surface area contributed by atoms with Crippen LogP contribution in [-0.2, 0) is 14.4 Å². The van der Waals surface area contributed by atoms with Crippen LogP contribution >= 0.6 is 11.6 Å². The number of hydrogen-bond donors (Lipinski definition) is 3. The van der Waals surface area contributed by atoms with Crippen molar-refractivity contribution in [3.8, 4) is 6.07 Å². The first-order chi connectivity index (χ1) is 25.6. The summed E-state index contributed by atoms with van der Waals surface area (Å²) in [5.41, 5.74) is 4.92. The van der Waals surface area contributed by atoms with Crippen molar-refractivity contribution in [2.45, 2.75) is 51.1 Å². The summed E-state index contributed by atoms with van der Waals surface area (Å²) in [6, 6.07) is 22.9. The molecule has 0 bridgehead atoms. The molecule has 13 heteroatoms. The number of hydrogen-bond acceptors (Lipinski definition) is 9. The number of nitrogens with zero attached hydrogens (tertiary/aromatic N) is 5. The number of imide groups is 1. The van der Waals surface area contributed by atoms with Gasteiger partial charge >= 0.3 is 0 Å². The Morgan fingerprint density at radius 3 is 2.36 bits per heavy atom. The molecule has 4 fully saturated rings. The van der Waals surface area contributed by atoms with E-state index in [1.165, 1.54) is 0 Å². The van der Waals surface area contributed by atoms with E-state index in [9.17, 15) is 24.4 Å². The molecule has 4 saturated heterocycles. The molecule has 2 atom stereocenters. The SMILES string of the molecule is C[C@H]1CC2(CCN(c3ccc(C(=O)N4CCN(CC(=O)Nc5cccc(N[C@@H]6CCC(=O)NC6=O)c5)CC4)cc3)CC2)CN1c1ccc(C#N)c(Cl)c1. The van der Waals surface area contributed by atoms with Gasteiger partial charge in [0.2, 0.25) is 17.7 Å². The van der Waals surface area contributed by atoms with Gasteiger partial charge in [-0.1, -0.05) is 17.7 Å². The van der Waals surface area contributed by atoms with Gasteiger partial charge in [0.1, 0.15) is 12.1 Å². The van der Waals surface area contributed by atoms with Gasteiger partial charge in [-0.2, -0.15) is 5.26 Å². The molecule has 4 heterocycles. The Labute approximate surface area is 315 Å². The number of amides is 4. The molecule has 0 saturated carbocycles. The van der Waals surface area contributed by atoms with E-state index in [1.807, 2.05) is 46.2 Å². The molecule has 276 valence electrons. The summed E-state index contributed by atoms with van der Waals surface area (Å²) in [4.78, 5) is 58.6. The largest absolute Gasteiger partial charge is 0.374 e. The molecule has 3 aromatic rings. The molecule has 1 spiro atoms. The highest BCUT2D eigenvalue weighted by molar-refractivity contribution is 6.32. The first-order valence-corrected chi connectivity index (χ1v) is 18.8. The summed E-state index contributed by atoms with van der Waals surface area (Å²) in [5.74, 6) is -0.770. The third-order valence-electron chi connectivity index (χ3n) is 11.2. The van der Waals surface area contributed by atoms with Gasteiger partial charge in [-0.15, -0.1) is 0 Å². The molecule has 4 amide bonds. The third kappa shape index (κ3) is 8.27. The Kier molecular flexibility index (Phi) is 10.6. The van der Waals surface area contributed by atoms with Crippen LogP contribution in [0.4, 0.5) is 22.7 Å². The molecule has 3 aromatic carbocycles. The Hall–Kier alpha value is -5.12. The monoisotopic (exact) mass is 736 g/mol. The fourth-order valence-corrected chi connectivity index (χ4v) is 8.49. The smallest absolute Gasteiger partial charge is 0.253 e. The van der Waals surface area contributed by atoms with Crippen molar-refractivity contribution < 1.29 is 19.2 Å². The van der Waals surface area contributed by atoms with Crippen LogP contribution in [0, 0.1) is 16.7 Å². The number of carbonyl (C=O) groups is 4. The maximum absolute atomic E-state index is 13.4. The predicted molar refractivity (Wildman–Crippen MR) is 205 cm³/mol. The van der Waals surface area contributed by atoms with E-state index in [1.54, 1.807) is 18.2 Å². The van der Waals surface area contributed by atoms with Crippen molar-refractivity contribution in [3.63, 3.8) is 0 Å². The summed E-state index contributed by atoms with van der Waals surface area (Å²) >= 11 is 6.36. The van der Waals surface area contributed by atoms with Gasteiger partial charge in [-0.3, -0.25) is 29.4 Å². The number of anilines is 4. The first-order valence-electron chi connectivity index (χ1n) is 18.4. The Morgan fingerprint density at radius 2 is 1.66 bits per heavy atom. The first kappa shape index (κ1) is 36.2. The zero-order valence-electron chi connectivity index (χ0n) is 29.9. The zero-order chi connectivity index (χ0) is 37.1. The number of halogens is 1. The molecule has 4 aliphatic rings. The Balaban J connectivity index is 0.852. The lowest BCUT2D eigenvalue weighted by molar-refractivity contribution is -0.133. The van der Waals surface area contributed by atoms with Crippen molar-refractivity contribution in [2.75, 3.05) is 72.8 Å². The fraction of sp³-hybridized carbons (Fsp3) is 0.425. The van der Waals surface area contributed by atoms with Gasteiger partial charge in [0.25, 0.3) is 5.91 Å². The Morgan fingerprint density at radius 1 is 0.943 bits per heavy atom. The summed E-state index contributed by atoms with van der Waals surface area (Å²) in [7, 11) is 0. The second-order valence-electron chi connectivity index (χ2n) is 14.8. The third-order valence-corrected chi connectivity index (χ3v) is 11.5. The number of nitrogens with one attached hydrogen (secondary N) is 3. The van der Waals surface area contributed by atoms with Gasteiger partial charge in [-0.25, -0.2) is 0 Å². The molecule has 12 nitrogen and oxygen atoms in total. The van der Waals surface area contributed by atoms with E-state index in [0.717, 1.165) is 50.3 Å². The number of piperidine rings is 2.